The summed E-state index contributed by atoms with van der Waals surface area (Å²) in [5.41, 5.74) is 1.10. The van der Waals surface area contributed by atoms with Crippen molar-refractivity contribution in [3.8, 4) is 5.75 Å². The van der Waals surface area contributed by atoms with Crippen LogP contribution in [0.4, 0.5) is 0 Å². The molecule has 3 aromatic rings. The summed E-state index contributed by atoms with van der Waals surface area (Å²) < 4.78 is 38.7. The van der Waals surface area contributed by atoms with Crippen LogP contribution < -0.4 is 4.74 Å². The molecule has 0 saturated heterocycles. The van der Waals surface area contributed by atoms with Crippen LogP contribution in [0.3, 0.4) is 0 Å². The molecule has 0 aliphatic heterocycles. The van der Waals surface area contributed by atoms with Crippen molar-refractivity contribution < 1.29 is 22.4 Å². The number of methoxy groups -OCH3 is 1. The molecule has 0 bridgehead atoms. The highest BCUT2D eigenvalue weighted by Crippen LogP contribution is 2.21. The third-order valence-corrected chi connectivity index (χ3v) is 7.20. The minimum Gasteiger partial charge on any atom is -0.497 e. The number of benzene rings is 2. The molecule has 0 saturated carbocycles. The van der Waals surface area contributed by atoms with Crippen LogP contribution in [0.1, 0.15) is 25.2 Å². The highest BCUT2D eigenvalue weighted by atomic mass is 32.2. The number of rotatable bonds is 12. The van der Waals surface area contributed by atoms with E-state index >= 15 is 0 Å². The molecule has 0 radical (unpaired) electrons. The fourth-order valence-corrected chi connectivity index (χ4v) is 5.15. The SMILES string of the molecule is COc1ccc(S(=O)(=O)N(CC(=O)N(CCc2ccccc2)Cc2ccco2)CC(C)C)cc1. The van der Waals surface area contributed by atoms with Crippen LogP contribution in [0.15, 0.2) is 82.3 Å². The lowest BCUT2D eigenvalue weighted by molar-refractivity contribution is -0.132. The van der Waals surface area contributed by atoms with Gasteiger partial charge in [-0.25, -0.2) is 8.42 Å². The first-order valence-electron chi connectivity index (χ1n) is 11.3. The van der Waals surface area contributed by atoms with Crippen molar-refractivity contribution in [2.45, 2.75) is 31.7 Å². The Kier molecular flexibility index (Phi) is 8.90. The Bertz CT molecular complexity index is 1130. The van der Waals surface area contributed by atoms with Gasteiger partial charge in [0.25, 0.3) is 0 Å². The van der Waals surface area contributed by atoms with Gasteiger partial charge in [0, 0.05) is 13.1 Å². The first-order valence-corrected chi connectivity index (χ1v) is 12.7. The molecule has 2 aromatic carbocycles. The van der Waals surface area contributed by atoms with Gasteiger partial charge >= 0.3 is 0 Å². The van der Waals surface area contributed by atoms with E-state index in [0.29, 0.717) is 24.5 Å². The van der Waals surface area contributed by atoms with Gasteiger partial charge in [-0.15, -0.1) is 0 Å². The zero-order valence-corrected chi connectivity index (χ0v) is 20.7. The Morgan fingerprint density at radius 1 is 1.00 bits per heavy atom. The van der Waals surface area contributed by atoms with E-state index in [1.54, 1.807) is 29.4 Å². The minimum absolute atomic E-state index is 0.0451. The topological polar surface area (TPSA) is 80.1 Å². The predicted molar refractivity (Wildman–Crippen MR) is 131 cm³/mol. The second kappa shape index (κ2) is 11.9. The van der Waals surface area contributed by atoms with E-state index < -0.39 is 10.0 Å². The highest BCUT2D eigenvalue weighted by molar-refractivity contribution is 7.89. The summed E-state index contributed by atoms with van der Waals surface area (Å²) in [7, 11) is -2.35. The summed E-state index contributed by atoms with van der Waals surface area (Å²) in [6.07, 6.45) is 2.22. The van der Waals surface area contributed by atoms with E-state index in [-0.39, 0.29) is 36.4 Å². The van der Waals surface area contributed by atoms with Crippen LogP contribution in [-0.2, 0) is 27.8 Å². The summed E-state index contributed by atoms with van der Waals surface area (Å²) in [5, 5.41) is 0. The van der Waals surface area contributed by atoms with E-state index in [0.717, 1.165) is 5.56 Å². The summed E-state index contributed by atoms with van der Waals surface area (Å²) in [6, 6.07) is 19.7. The standard InChI is InChI=1S/C26H32N2O5S/c1-21(2)18-28(34(30,31)25-13-11-23(32-3)12-14-25)20-26(29)27(19-24-10-7-17-33-24)16-15-22-8-5-4-6-9-22/h4-14,17,21H,15-16,18-20H2,1-3H3. The summed E-state index contributed by atoms with van der Waals surface area (Å²) in [5.74, 6) is 0.986. The molecule has 3 rings (SSSR count). The molecule has 0 aliphatic carbocycles. The third kappa shape index (κ3) is 6.95. The number of hydrogen-bond donors (Lipinski definition) is 0. The zero-order valence-electron chi connectivity index (χ0n) is 19.9. The van der Waals surface area contributed by atoms with Crippen molar-refractivity contribution in [2.75, 3.05) is 26.7 Å². The Morgan fingerprint density at radius 2 is 1.71 bits per heavy atom. The van der Waals surface area contributed by atoms with Crippen molar-refractivity contribution in [1.82, 2.24) is 9.21 Å². The normalized spacial score (nSPS) is 11.7. The van der Waals surface area contributed by atoms with Gasteiger partial charge in [-0.05, 0) is 54.3 Å². The smallest absolute Gasteiger partial charge is 0.243 e. The van der Waals surface area contributed by atoms with Crippen molar-refractivity contribution in [3.05, 3.63) is 84.3 Å². The van der Waals surface area contributed by atoms with Gasteiger partial charge in [0.2, 0.25) is 15.9 Å². The van der Waals surface area contributed by atoms with Gasteiger partial charge < -0.3 is 14.1 Å². The molecule has 0 N–H and O–H groups in total. The maximum atomic E-state index is 13.4. The number of carbonyl (C=O) groups is 1. The molecule has 1 amide bonds. The maximum Gasteiger partial charge on any atom is 0.243 e. The monoisotopic (exact) mass is 484 g/mol. The molecule has 7 nitrogen and oxygen atoms in total. The van der Waals surface area contributed by atoms with Crippen molar-refractivity contribution in [3.63, 3.8) is 0 Å². The molecule has 0 atom stereocenters. The van der Waals surface area contributed by atoms with Crippen LogP contribution in [0.5, 0.6) is 5.75 Å². The molecular formula is C26H32N2O5S. The summed E-state index contributed by atoms with van der Waals surface area (Å²) in [4.78, 5) is 15.2. The van der Waals surface area contributed by atoms with Crippen LogP contribution >= 0.6 is 0 Å². The molecule has 34 heavy (non-hydrogen) atoms. The first kappa shape index (κ1) is 25.5. The lowest BCUT2D eigenvalue weighted by atomic mass is 10.1. The van der Waals surface area contributed by atoms with Crippen LogP contribution in [-0.4, -0.2) is 50.3 Å². The average molecular weight is 485 g/mol. The number of nitrogens with zero attached hydrogens (tertiary/aromatic N) is 2. The molecule has 0 fully saturated rings. The largest absolute Gasteiger partial charge is 0.497 e. The highest BCUT2D eigenvalue weighted by Gasteiger charge is 2.29. The molecule has 8 heteroatoms. The van der Waals surface area contributed by atoms with Gasteiger partial charge in [-0.1, -0.05) is 44.2 Å². The Labute approximate surface area is 202 Å². The second-order valence-electron chi connectivity index (χ2n) is 8.50. The number of ether oxygens (including phenoxy) is 1. The average Bonchev–Trinajstić information content (AvgIpc) is 3.35. The van der Waals surface area contributed by atoms with Gasteiger partial charge in [0.05, 0.1) is 31.4 Å². The van der Waals surface area contributed by atoms with Crippen LogP contribution in [0, 0.1) is 5.92 Å². The van der Waals surface area contributed by atoms with E-state index in [9.17, 15) is 13.2 Å². The van der Waals surface area contributed by atoms with E-state index in [4.69, 9.17) is 9.15 Å². The number of hydrogen-bond acceptors (Lipinski definition) is 5. The third-order valence-electron chi connectivity index (χ3n) is 5.37. The Morgan fingerprint density at radius 3 is 2.29 bits per heavy atom. The second-order valence-corrected chi connectivity index (χ2v) is 10.4. The van der Waals surface area contributed by atoms with Crippen LogP contribution in [0.2, 0.25) is 0 Å². The van der Waals surface area contributed by atoms with Crippen molar-refractivity contribution >= 4 is 15.9 Å². The van der Waals surface area contributed by atoms with Gasteiger partial charge in [-0.2, -0.15) is 4.31 Å². The summed E-state index contributed by atoms with van der Waals surface area (Å²) in [6.45, 7) is 4.56. The van der Waals surface area contributed by atoms with E-state index in [1.807, 2.05) is 50.2 Å². The fourth-order valence-electron chi connectivity index (χ4n) is 3.59. The van der Waals surface area contributed by atoms with E-state index in [2.05, 4.69) is 0 Å². The van der Waals surface area contributed by atoms with E-state index in [1.165, 1.54) is 23.5 Å². The lowest BCUT2D eigenvalue weighted by Gasteiger charge is -2.28. The zero-order chi connectivity index (χ0) is 24.6. The Balaban J connectivity index is 1.81. The molecular weight excluding hydrogens is 452 g/mol. The molecule has 1 heterocycles. The molecule has 0 unspecified atom stereocenters. The molecule has 182 valence electrons. The minimum atomic E-state index is -3.87. The summed E-state index contributed by atoms with van der Waals surface area (Å²) >= 11 is 0. The number of carbonyl (C=O) groups excluding carboxylic acids is 1. The number of amides is 1. The predicted octanol–water partition coefficient (Wildman–Crippen LogP) is 4.21. The van der Waals surface area contributed by atoms with Gasteiger partial charge in [0.15, 0.2) is 0 Å². The first-order chi connectivity index (χ1) is 16.3. The maximum absolute atomic E-state index is 13.4. The quantitative estimate of drug-likeness (QED) is 0.385. The molecule has 0 aliphatic rings. The number of furan rings is 1. The fraction of sp³-hybridized carbons (Fsp3) is 0.346. The van der Waals surface area contributed by atoms with Gasteiger partial charge in [0.1, 0.15) is 11.5 Å². The van der Waals surface area contributed by atoms with Gasteiger partial charge in [-0.3, -0.25) is 4.79 Å². The molecule has 1 aromatic heterocycles. The van der Waals surface area contributed by atoms with Crippen molar-refractivity contribution in [1.29, 1.82) is 0 Å². The molecule has 0 spiro atoms. The van der Waals surface area contributed by atoms with Crippen LogP contribution in [0.25, 0.3) is 0 Å². The Hall–Kier alpha value is -3.10. The van der Waals surface area contributed by atoms with Crippen molar-refractivity contribution in [2.24, 2.45) is 5.92 Å². The number of sulfonamides is 1. The lowest BCUT2D eigenvalue weighted by Crippen LogP contribution is -2.44.